The zero-order valence-electron chi connectivity index (χ0n) is 16.0. The Hall–Kier alpha value is -3.01. The Bertz CT molecular complexity index is 864. The number of benzene rings is 2. The molecule has 2 aromatic rings. The Morgan fingerprint density at radius 3 is 2.22 bits per heavy atom. The van der Waals surface area contributed by atoms with E-state index < -0.39 is 5.97 Å². The van der Waals surface area contributed by atoms with Gasteiger partial charge in [0.15, 0.2) is 0 Å². The molecule has 0 unspecified atom stereocenters. The zero-order valence-corrected chi connectivity index (χ0v) is 16.0. The SMILES string of the molecule is CC(C)=CCCC(C)=CCc1c(O)cc(-c2cccc(C(=O)O)c2)cc1O. The normalized spacial score (nSPS) is 11.3. The summed E-state index contributed by atoms with van der Waals surface area (Å²) in [7, 11) is 0. The number of carboxylic acids is 1. The summed E-state index contributed by atoms with van der Waals surface area (Å²) in [5.74, 6) is -1.02. The number of aromatic hydroxyl groups is 2. The van der Waals surface area contributed by atoms with Crippen molar-refractivity contribution in [3.8, 4) is 22.6 Å². The van der Waals surface area contributed by atoms with Gasteiger partial charge in [-0.15, -0.1) is 0 Å². The molecule has 2 aromatic carbocycles. The summed E-state index contributed by atoms with van der Waals surface area (Å²) < 4.78 is 0. The van der Waals surface area contributed by atoms with Crippen LogP contribution in [0.4, 0.5) is 0 Å². The molecule has 4 heteroatoms. The molecule has 0 aliphatic rings. The Morgan fingerprint density at radius 2 is 1.63 bits per heavy atom. The number of aromatic carboxylic acids is 1. The van der Waals surface area contributed by atoms with Gasteiger partial charge in [-0.1, -0.05) is 35.4 Å². The molecule has 0 radical (unpaired) electrons. The van der Waals surface area contributed by atoms with Crippen LogP contribution in [0.3, 0.4) is 0 Å². The van der Waals surface area contributed by atoms with Gasteiger partial charge in [0.05, 0.1) is 5.56 Å². The molecular weight excluding hydrogens is 340 g/mol. The molecule has 27 heavy (non-hydrogen) atoms. The van der Waals surface area contributed by atoms with E-state index in [1.807, 2.05) is 13.0 Å². The third kappa shape index (κ3) is 5.74. The lowest BCUT2D eigenvalue weighted by Gasteiger charge is -2.10. The highest BCUT2D eigenvalue weighted by atomic mass is 16.4. The van der Waals surface area contributed by atoms with Crippen LogP contribution in [0.2, 0.25) is 0 Å². The van der Waals surface area contributed by atoms with Gasteiger partial charge in [0.1, 0.15) is 11.5 Å². The third-order valence-corrected chi connectivity index (χ3v) is 4.39. The van der Waals surface area contributed by atoms with E-state index in [2.05, 4.69) is 19.9 Å². The number of rotatable bonds is 7. The van der Waals surface area contributed by atoms with E-state index in [1.54, 1.807) is 24.3 Å². The summed E-state index contributed by atoms with van der Waals surface area (Å²) in [4.78, 5) is 11.1. The molecule has 0 aliphatic carbocycles. The maximum absolute atomic E-state index is 11.1. The zero-order chi connectivity index (χ0) is 20.0. The van der Waals surface area contributed by atoms with Crippen molar-refractivity contribution in [2.75, 3.05) is 0 Å². The standard InChI is InChI=1S/C23H26O4/c1-15(2)6-4-7-16(3)10-11-20-21(24)13-19(14-22(20)25)17-8-5-9-18(12-17)23(26)27/h5-6,8-10,12-14,24-25H,4,7,11H2,1-3H3,(H,26,27). The van der Waals surface area contributed by atoms with Crippen LogP contribution < -0.4 is 0 Å². The predicted molar refractivity (Wildman–Crippen MR) is 108 cm³/mol. The van der Waals surface area contributed by atoms with E-state index in [9.17, 15) is 15.0 Å². The number of allylic oxidation sites excluding steroid dienone is 4. The fourth-order valence-corrected chi connectivity index (χ4v) is 2.82. The third-order valence-electron chi connectivity index (χ3n) is 4.39. The van der Waals surface area contributed by atoms with Crippen LogP contribution in [0, 0.1) is 0 Å². The fourth-order valence-electron chi connectivity index (χ4n) is 2.82. The first-order valence-corrected chi connectivity index (χ1v) is 8.95. The number of carbonyl (C=O) groups is 1. The Balaban J connectivity index is 2.21. The van der Waals surface area contributed by atoms with Gasteiger partial charge < -0.3 is 15.3 Å². The fraction of sp³-hybridized carbons (Fsp3) is 0.261. The van der Waals surface area contributed by atoms with Crippen molar-refractivity contribution in [3.05, 3.63) is 70.8 Å². The predicted octanol–water partition coefficient (Wildman–Crippen LogP) is 5.70. The van der Waals surface area contributed by atoms with Crippen LogP contribution in [-0.2, 0) is 6.42 Å². The minimum Gasteiger partial charge on any atom is -0.507 e. The second-order valence-corrected chi connectivity index (χ2v) is 6.95. The molecule has 3 N–H and O–H groups in total. The van der Waals surface area contributed by atoms with E-state index >= 15 is 0 Å². The minimum absolute atomic E-state index is 0.000855. The summed E-state index contributed by atoms with van der Waals surface area (Å²) in [6.45, 7) is 6.18. The average Bonchev–Trinajstić information content (AvgIpc) is 2.60. The topological polar surface area (TPSA) is 77.8 Å². The van der Waals surface area contributed by atoms with E-state index in [4.69, 9.17) is 5.11 Å². The van der Waals surface area contributed by atoms with Crippen molar-refractivity contribution >= 4 is 5.97 Å². The van der Waals surface area contributed by atoms with Crippen LogP contribution >= 0.6 is 0 Å². The highest BCUT2D eigenvalue weighted by Crippen LogP contribution is 2.34. The smallest absolute Gasteiger partial charge is 0.335 e. The molecule has 0 aromatic heterocycles. The summed E-state index contributed by atoms with van der Waals surface area (Å²) in [5.41, 5.74) is 4.31. The van der Waals surface area contributed by atoms with Crippen LogP contribution in [-0.4, -0.2) is 21.3 Å². The summed E-state index contributed by atoms with van der Waals surface area (Å²) in [5, 5.41) is 29.8. The van der Waals surface area contributed by atoms with Gasteiger partial charge in [0, 0.05) is 5.56 Å². The highest BCUT2D eigenvalue weighted by molar-refractivity contribution is 5.89. The lowest BCUT2D eigenvalue weighted by molar-refractivity contribution is 0.0697. The first-order chi connectivity index (χ1) is 12.8. The van der Waals surface area contributed by atoms with Crippen molar-refractivity contribution in [3.63, 3.8) is 0 Å². The van der Waals surface area contributed by atoms with Crippen molar-refractivity contribution in [1.82, 2.24) is 0 Å². The Labute approximate surface area is 160 Å². The maximum atomic E-state index is 11.1. The first kappa shape index (κ1) is 20.3. The van der Waals surface area contributed by atoms with E-state index in [-0.39, 0.29) is 17.1 Å². The van der Waals surface area contributed by atoms with Gasteiger partial charge in [-0.05, 0) is 75.4 Å². The van der Waals surface area contributed by atoms with E-state index in [0.29, 0.717) is 23.1 Å². The van der Waals surface area contributed by atoms with Gasteiger partial charge in [-0.3, -0.25) is 0 Å². The molecule has 0 saturated heterocycles. The molecule has 0 spiro atoms. The minimum atomic E-state index is -1.02. The van der Waals surface area contributed by atoms with Gasteiger partial charge in [-0.2, -0.15) is 0 Å². The maximum Gasteiger partial charge on any atom is 0.335 e. The first-order valence-electron chi connectivity index (χ1n) is 8.95. The average molecular weight is 366 g/mol. The van der Waals surface area contributed by atoms with Crippen LogP contribution in [0.5, 0.6) is 11.5 Å². The van der Waals surface area contributed by atoms with Crippen LogP contribution in [0.25, 0.3) is 11.1 Å². The van der Waals surface area contributed by atoms with Gasteiger partial charge >= 0.3 is 5.97 Å². The largest absolute Gasteiger partial charge is 0.507 e. The molecule has 4 nitrogen and oxygen atoms in total. The molecular formula is C23H26O4. The summed E-state index contributed by atoms with van der Waals surface area (Å²) >= 11 is 0. The number of phenolic OH excluding ortho intramolecular Hbond substituents is 2. The van der Waals surface area contributed by atoms with Crippen LogP contribution in [0.15, 0.2) is 59.7 Å². The molecule has 0 fully saturated rings. The second kappa shape index (κ2) is 9.08. The summed E-state index contributed by atoms with van der Waals surface area (Å²) in [6.07, 6.45) is 6.55. The summed E-state index contributed by atoms with van der Waals surface area (Å²) in [6, 6.07) is 9.52. The number of carboxylic acid groups (broad SMARTS) is 1. The lowest BCUT2D eigenvalue weighted by Crippen LogP contribution is -1.96. The van der Waals surface area contributed by atoms with Gasteiger partial charge in [0.2, 0.25) is 0 Å². The van der Waals surface area contributed by atoms with E-state index in [1.165, 1.54) is 23.3 Å². The van der Waals surface area contributed by atoms with Gasteiger partial charge in [-0.25, -0.2) is 4.79 Å². The molecule has 0 heterocycles. The molecule has 0 saturated carbocycles. The van der Waals surface area contributed by atoms with Crippen molar-refractivity contribution in [1.29, 1.82) is 0 Å². The van der Waals surface area contributed by atoms with E-state index in [0.717, 1.165) is 12.8 Å². The lowest BCUT2D eigenvalue weighted by atomic mass is 9.98. The monoisotopic (exact) mass is 366 g/mol. The Morgan fingerprint density at radius 1 is 0.963 bits per heavy atom. The Kier molecular flexibility index (Phi) is 6.83. The van der Waals surface area contributed by atoms with Gasteiger partial charge in [0.25, 0.3) is 0 Å². The highest BCUT2D eigenvalue weighted by Gasteiger charge is 2.12. The molecule has 0 aliphatic heterocycles. The molecule has 0 amide bonds. The number of hydrogen-bond acceptors (Lipinski definition) is 3. The molecule has 2 rings (SSSR count). The van der Waals surface area contributed by atoms with Crippen molar-refractivity contribution in [2.45, 2.75) is 40.0 Å². The van der Waals surface area contributed by atoms with Crippen molar-refractivity contribution < 1.29 is 20.1 Å². The van der Waals surface area contributed by atoms with Crippen LogP contribution in [0.1, 0.15) is 49.5 Å². The second-order valence-electron chi connectivity index (χ2n) is 6.95. The molecule has 0 bridgehead atoms. The van der Waals surface area contributed by atoms with Crippen molar-refractivity contribution in [2.24, 2.45) is 0 Å². The quantitative estimate of drug-likeness (QED) is 0.549. The number of hydrogen-bond donors (Lipinski definition) is 3. The number of phenols is 2. The molecule has 142 valence electrons. The molecule has 0 atom stereocenters.